The van der Waals surface area contributed by atoms with E-state index in [1.807, 2.05) is 13.8 Å². The fourth-order valence-electron chi connectivity index (χ4n) is 2.74. The number of urea groups is 1. The van der Waals surface area contributed by atoms with Crippen molar-refractivity contribution in [3.05, 3.63) is 45.4 Å². The summed E-state index contributed by atoms with van der Waals surface area (Å²) in [4.78, 5) is 29.9. The zero-order chi connectivity index (χ0) is 25.7. The number of thiazole rings is 1. The van der Waals surface area contributed by atoms with Gasteiger partial charge in [-0.25, -0.2) is 14.6 Å². The molecule has 0 fully saturated rings. The number of hydrogen-bond acceptors (Lipinski definition) is 5. The Kier molecular flexibility index (Phi) is 8.92. The van der Waals surface area contributed by atoms with E-state index in [9.17, 15) is 35.9 Å². The second-order valence-electron chi connectivity index (χ2n) is 7.68. The molecule has 13 heteroatoms. The number of carbonyl (C=O) groups is 2. The number of anilines is 1. The Morgan fingerprint density at radius 1 is 1.09 bits per heavy atom. The molecule has 188 valence electrons. The van der Waals surface area contributed by atoms with E-state index in [1.54, 1.807) is 6.92 Å². The third kappa shape index (κ3) is 7.89. The molecule has 2 amide bonds. The van der Waals surface area contributed by atoms with Crippen LogP contribution in [0.5, 0.6) is 0 Å². The first kappa shape index (κ1) is 27.4. The van der Waals surface area contributed by atoms with Gasteiger partial charge in [-0.1, -0.05) is 13.8 Å². The van der Waals surface area contributed by atoms with E-state index in [0.29, 0.717) is 23.6 Å². The highest BCUT2D eigenvalue weighted by atomic mass is 32.1. The summed E-state index contributed by atoms with van der Waals surface area (Å²) in [5.41, 5.74) is -3.68. The fourth-order valence-corrected chi connectivity index (χ4v) is 3.52. The van der Waals surface area contributed by atoms with Crippen molar-refractivity contribution >= 4 is 29.0 Å². The molecule has 1 heterocycles. The molecule has 6 nitrogen and oxygen atoms in total. The van der Waals surface area contributed by atoms with Gasteiger partial charge in [0, 0.05) is 17.6 Å². The highest BCUT2D eigenvalue weighted by Gasteiger charge is 2.37. The Morgan fingerprint density at radius 3 is 2.18 bits per heavy atom. The van der Waals surface area contributed by atoms with Gasteiger partial charge in [-0.2, -0.15) is 26.3 Å². The van der Waals surface area contributed by atoms with Gasteiger partial charge in [-0.05, 0) is 37.5 Å². The first-order valence-electron chi connectivity index (χ1n) is 10.2. The smallest absolute Gasteiger partial charge is 0.416 e. The Hall–Kier alpha value is -2.83. The molecule has 2 rings (SSSR count). The molecule has 0 aliphatic rings. The molecule has 0 saturated heterocycles. The topological polar surface area (TPSA) is 71.5 Å². The molecule has 0 bridgehead atoms. The average molecular weight is 511 g/mol. The van der Waals surface area contributed by atoms with Crippen LogP contribution in [-0.2, 0) is 23.6 Å². The van der Waals surface area contributed by atoms with E-state index in [0.717, 1.165) is 11.3 Å². The summed E-state index contributed by atoms with van der Waals surface area (Å²) in [5.74, 6) is -0.487. The molecular formula is C21H23F6N3O3S. The number of ether oxygens (including phenoxy) is 1. The Labute approximate surface area is 195 Å². The minimum absolute atomic E-state index is 0.0152. The summed E-state index contributed by atoms with van der Waals surface area (Å²) < 4.78 is 83.6. The van der Waals surface area contributed by atoms with Gasteiger partial charge in [0.15, 0.2) is 5.69 Å². The van der Waals surface area contributed by atoms with E-state index < -0.39 is 41.2 Å². The predicted octanol–water partition coefficient (Wildman–Crippen LogP) is 6.44. The molecule has 34 heavy (non-hydrogen) atoms. The van der Waals surface area contributed by atoms with Crippen LogP contribution >= 0.6 is 11.3 Å². The Bertz CT molecular complexity index is 972. The third-order valence-corrected chi connectivity index (χ3v) is 5.30. The molecule has 2 aromatic rings. The van der Waals surface area contributed by atoms with Crippen LogP contribution in [0.25, 0.3) is 0 Å². The van der Waals surface area contributed by atoms with E-state index in [4.69, 9.17) is 4.74 Å². The van der Waals surface area contributed by atoms with Gasteiger partial charge in [0.25, 0.3) is 0 Å². The van der Waals surface area contributed by atoms with Gasteiger partial charge in [0.1, 0.15) is 5.01 Å². The lowest BCUT2D eigenvalue weighted by Crippen LogP contribution is -2.36. The number of halogens is 6. The van der Waals surface area contributed by atoms with E-state index in [1.165, 1.54) is 10.3 Å². The van der Waals surface area contributed by atoms with Gasteiger partial charge in [0.05, 0.1) is 24.3 Å². The van der Waals surface area contributed by atoms with Gasteiger partial charge >= 0.3 is 24.4 Å². The van der Waals surface area contributed by atoms with Crippen LogP contribution in [0.15, 0.2) is 23.6 Å². The number of hydrogen-bond donors (Lipinski definition) is 1. The van der Waals surface area contributed by atoms with Crippen molar-refractivity contribution in [2.24, 2.45) is 5.92 Å². The summed E-state index contributed by atoms with van der Waals surface area (Å²) in [6.07, 6.45) is -9.56. The molecule has 0 unspecified atom stereocenters. The van der Waals surface area contributed by atoms with Crippen molar-refractivity contribution in [2.75, 3.05) is 18.5 Å². The molecule has 0 aliphatic carbocycles. The van der Waals surface area contributed by atoms with Crippen LogP contribution in [-0.4, -0.2) is 35.0 Å². The maximum Gasteiger partial charge on any atom is 0.416 e. The van der Waals surface area contributed by atoms with Crippen LogP contribution < -0.4 is 5.32 Å². The quantitative estimate of drug-likeness (QED) is 0.327. The van der Waals surface area contributed by atoms with Crippen molar-refractivity contribution in [2.45, 2.75) is 46.1 Å². The summed E-state index contributed by atoms with van der Waals surface area (Å²) in [6, 6.07) is -0.0361. The second-order valence-corrected chi connectivity index (χ2v) is 8.62. The van der Waals surface area contributed by atoms with Crippen LogP contribution in [0, 0.1) is 5.92 Å². The molecule has 0 atom stereocenters. The van der Waals surface area contributed by atoms with Gasteiger partial charge in [0.2, 0.25) is 0 Å². The highest BCUT2D eigenvalue weighted by Crippen LogP contribution is 2.37. The highest BCUT2D eigenvalue weighted by molar-refractivity contribution is 7.09. The first-order chi connectivity index (χ1) is 15.7. The lowest BCUT2D eigenvalue weighted by Gasteiger charge is -2.24. The monoisotopic (exact) mass is 511 g/mol. The molecular weight excluding hydrogens is 488 g/mol. The number of rotatable bonds is 8. The standard InChI is InChI=1S/C21H23F6N3O3S/c1-4-33-18(31)16-11-34-17(29-16)10-30(6-5-12(2)3)19(32)28-15-8-13(20(22,23)24)7-14(9-15)21(25,26)27/h7-9,11-12H,4-6,10H2,1-3H3,(H,28,32). The first-order valence-corrected chi connectivity index (χ1v) is 11.1. The fraction of sp³-hybridized carbons (Fsp3) is 0.476. The van der Waals surface area contributed by atoms with E-state index >= 15 is 0 Å². The van der Waals surface area contributed by atoms with Gasteiger partial charge in [-0.15, -0.1) is 11.3 Å². The molecule has 0 spiro atoms. The SMILES string of the molecule is CCOC(=O)c1csc(CN(CCC(C)C)C(=O)Nc2cc(C(F)(F)F)cc(C(F)(F)F)c2)n1. The van der Waals surface area contributed by atoms with Gasteiger partial charge in [-0.3, -0.25) is 0 Å². The number of carbonyl (C=O) groups excluding carboxylic acids is 2. The third-order valence-electron chi connectivity index (χ3n) is 4.46. The van der Waals surface area contributed by atoms with Crippen LogP contribution in [0.3, 0.4) is 0 Å². The zero-order valence-electron chi connectivity index (χ0n) is 18.5. The summed E-state index contributed by atoms with van der Waals surface area (Å²) in [6.45, 7) is 5.60. The number of nitrogens with zero attached hydrogens (tertiary/aromatic N) is 2. The number of aromatic nitrogens is 1. The zero-order valence-corrected chi connectivity index (χ0v) is 19.3. The molecule has 1 aromatic heterocycles. The van der Waals surface area contributed by atoms with E-state index in [2.05, 4.69) is 10.3 Å². The number of esters is 1. The lowest BCUT2D eigenvalue weighted by atomic mass is 10.1. The number of amides is 2. The minimum Gasteiger partial charge on any atom is -0.461 e. The molecule has 1 aromatic carbocycles. The van der Waals surface area contributed by atoms with Crippen molar-refractivity contribution in [1.29, 1.82) is 0 Å². The summed E-state index contributed by atoms with van der Waals surface area (Å²) in [5, 5.41) is 3.92. The predicted molar refractivity (Wildman–Crippen MR) is 113 cm³/mol. The summed E-state index contributed by atoms with van der Waals surface area (Å²) >= 11 is 1.07. The van der Waals surface area contributed by atoms with Crippen molar-refractivity contribution in [1.82, 2.24) is 9.88 Å². The van der Waals surface area contributed by atoms with Crippen molar-refractivity contribution < 1.29 is 40.7 Å². The van der Waals surface area contributed by atoms with Crippen LogP contribution in [0.1, 0.15) is 53.8 Å². The van der Waals surface area contributed by atoms with E-state index in [-0.39, 0.29) is 37.4 Å². The van der Waals surface area contributed by atoms with Gasteiger partial charge < -0.3 is 15.0 Å². The average Bonchev–Trinajstić information content (AvgIpc) is 3.18. The molecule has 0 radical (unpaired) electrons. The summed E-state index contributed by atoms with van der Waals surface area (Å²) in [7, 11) is 0. The maximum absolute atomic E-state index is 13.1. The Morgan fingerprint density at radius 2 is 1.68 bits per heavy atom. The molecule has 0 aliphatic heterocycles. The van der Waals surface area contributed by atoms with Crippen molar-refractivity contribution in [3.8, 4) is 0 Å². The number of alkyl halides is 6. The molecule has 1 N–H and O–H groups in total. The minimum atomic E-state index is -5.04. The number of benzene rings is 1. The maximum atomic E-state index is 13.1. The van der Waals surface area contributed by atoms with Crippen LogP contribution in [0.4, 0.5) is 36.8 Å². The van der Waals surface area contributed by atoms with Crippen molar-refractivity contribution in [3.63, 3.8) is 0 Å². The molecule has 0 saturated carbocycles. The Balaban J connectivity index is 2.29. The second kappa shape index (κ2) is 11.1. The van der Waals surface area contributed by atoms with Crippen LogP contribution in [0.2, 0.25) is 0 Å². The largest absolute Gasteiger partial charge is 0.461 e. The lowest BCUT2D eigenvalue weighted by molar-refractivity contribution is -0.143. The number of nitrogens with one attached hydrogen (secondary N) is 1. The normalized spacial score (nSPS) is 12.1.